The maximum Gasteiger partial charge on any atom is 0.328 e. The van der Waals surface area contributed by atoms with Crippen LogP contribution in [0.2, 0.25) is 5.02 Å². The fraction of sp³-hybridized carbons (Fsp3) is 0.100. The number of halogens is 1. The Hall–Kier alpha value is -1.28. The van der Waals surface area contributed by atoms with Crippen LogP contribution in [-0.4, -0.2) is 11.1 Å². The highest BCUT2D eigenvalue weighted by Gasteiger charge is 1.97. The maximum absolute atomic E-state index is 10.3. The molecule has 1 N–H and O–H groups in total. The average Bonchev–Trinajstić information content (AvgIpc) is 2.04. The van der Waals surface area contributed by atoms with Crippen LogP contribution in [0.4, 0.5) is 0 Å². The lowest BCUT2D eigenvalue weighted by molar-refractivity contribution is -0.131. The van der Waals surface area contributed by atoms with Crippen LogP contribution in [0.25, 0.3) is 5.57 Å². The highest BCUT2D eigenvalue weighted by Crippen LogP contribution is 2.16. The van der Waals surface area contributed by atoms with Gasteiger partial charge in [-0.25, -0.2) is 4.79 Å². The monoisotopic (exact) mass is 196 g/mol. The number of carbonyl (C=O) groups is 1. The third kappa shape index (κ3) is 2.92. The molecule has 0 atom stereocenters. The zero-order valence-corrected chi connectivity index (χ0v) is 7.88. The summed E-state index contributed by atoms with van der Waals surface area (Å²) >= 11 is 5.69. The molecule has 0 spiro atoms. The minimum absolute atomic E-state index is 0.645. The summed E-state index contributed by atoms with van der Waals surface area (Å²) in [6.07, 6.45) is 1.17. The van der Waals surface area contributed by atoms with Crippen LogP contribution >= 0.6 is 11.6 Å². The molecule has 0 aliphatic heterocycles. The number of hydrogen-bond acceptors (Lipinski definition) is 1. The molecule has 0 aliphatic carbocycles. The van der Waals surface area contributed by atoms with E-state index in [1.165, 1.54) is 6.08 Å². The van der Waals surface area contributed by atoms with Crippen molar-refractivity contribution in [2.24, 2.45) is 0 Å². The van der Waals surface area contributed by atoms with Gasteiger partial charge in [-0.2, -0.15) is 0 Å². The number of carboxylic acid groups (broad SMARTS) is 1. The number of benzene rings is 1. The molecule has 1 rings (SSSR count). The van der Waals surface area contributed by atoms with Crippen molar-refractivity contribution < 1.29 is 9.90 Å². The summed E-state index contributed by atoms with van der Waals surface area (Å²) in [6.45, 7) is 1.75. The number of hydrogen-bond donors (Lipinski definition) is 1. The van der Waals surface area contributed by atoms with Gasteiger partial charge in [0.1, 0.15) is 0 Å². The molecular formula is C10H9ClO2. The standard InChI is InChI=1S/C10H9ClO2/c1-7(6-10(12)13)8-2-4-9(11)5-3-8/h2-6H,1H3,(H,12,13)/b7-6+. The Bertz CT molecular complexity index is 338. The predicted octanol–water partition coefficient (Wildman–Crippen LogP) is 2.83. The molecule has 13 heavy (non-hydrogen) atoms. The SMILES string of the molecule is C/C(=C\C(=O)O)c1ccc(Cl)cc1. The molecule has 0 heterocycles. The van der Waals surface area contributed by atoms with Gasteiger partial charge in [0, 0.05) is 11.1 Å². The Morgan fingerprint density at radius 3 is 2.38 bits per heavy atom. The lowest BCUT2D eigenvalue weighted by atomic mass is 10.1. The molecule has 0 bridgehead atoms. The first kappa shape index (κ1) is 9.81. The molecule has 3 heteroatoms. The van der Waals surface area contributed by atoms with Crippen molar-refractivity contribution in [3.63, 3.8) is 0 Å². The molecule has 0 saturated heterocycles. The van der Waals surface area contributed by atoms with Crippen molar-refractivity contribution in [2.45, 2.75) is 6.92 Å². The van der Waals surface area contributed by atoms with Gasteiger partial charge in [-0.05, 0) is 30.2 Å². The van der Waals surface area contributed by atoms with E-state index in [4.69, 9.17) is 16.7 Å². The summed E-state index contributed by atoms with van der Waals surface area (Å²) in [7, 11) is 0. The van der Waals surface area contributed by atoms with E-state index in [-0.39, 0.29) is 0 Å². The van der Waals surface area contributed by atoms with E-state index < -0.39 is 5.97 Å². The van der Waals surface area contributed by atoms with E-state index >= 15 is 0 Å². The van der Waals surface area contributed by atoms with Crippen molar-refractivity contribution in [1.29, 1.82) is 0 Å². The summed E-state index contributed by atoms with van der Waals surface area (Å²) in [5.41, 5.74) is 1.58. The van der Waals surface area contributed by atoms with Crippen molar-refractivity contribution in [2.75, 3.05) is 0 Å². The van der Waals surface area contributed by atoms with E-state index in [1.807, 2.05) is 0 Å². The van der Waals surface area contributed by atoms with Gasteiger partial charge in [0.15, 0.2) is 0 Å². The molecule has 0 unspecified atom stereocenters. The highest BCUT2D eigenvalue weighted by molar-refractivity contribution is 6.30. The first-order valence-electron chi connectivity index (χ1n) is 3.77. The van der Waals surface area contributed by atoms with Crippen molar-refractivity contribution in [1.82, 2.24) is 0 Å². The van der Waals surface area contributed by atoms with Gasteiger partial charge in [0.25, 0.3) is 0 Å². The summed E-state index contributed by atoms with van der Waals surface area (Å²) in [4.78, 5) is 10.3. The van der Waals surface area contributed by atoms with Crippen molar-refractivity contribution >= 4 is 23.1 Å². The van der Waals surface area contributed by atoms with Crippen LogP contribution in [0, 0.1) is 0 Å². The Balaban J connectivity index is 2.96. The first-order chi connectivity index (χ1) is 6.09. The lowest BCUT2D eigenvalue weighted by Gasteiger charge is -1.99. The Kier molecular flexibility index (Phi) is 3.09. The normalized spacial score (nSPS) is 11.4. The lowest BCUT2D eigenvalue weighted by Crippen LogP contribution is -1.89. The van der Waals surface area contributed by atoms with Crippen LogP contribution < -0.4 is 0 Å². The van der Waals surface area contributed by atoms with Crippen LogP contribution in [0.3, 0.4) is 0 Å². The Morgan fingerprint density at radius 2 is 1.92 bits per heavy atom. The van der Waals surface area contributed by atoms with Gasteiger partial charge in [0.05, 0.1) is 0 Å². The zero-order chi connectivity index (χ0) is 9.84. The van der Waals surface area contributed by atoms with Gasteiger partial charge in [0.2, 0.25) is 0 Å². The van der Waals surface area contributed by atoms with E-state index in [9.17, 15) is 4.79 Å². The molecule has 68 valence electrons. The topological polar surface area (TPSA) is 37.3 Å². The van der Waals surface area contributed by atoms with Gasteiger partial charge in [-0.15, -0.1) is 0 Å². The molecular weight excluding hydrogens is 188 g/mol. The highest BCUT2D eigenvalue weighted by atomic mass is 35.5. The Morgan fingerprint density at radius 1 is 1.38 bits per heavy atom. The fourth-order valence-corrected chi connectivity index (χ4v) is 1.11. The molecule has 1 aromatic rings. The molecule has 2 nitrogen and oxygen atoms in total. The van der Waals surface area contributed by atoms with Crippen molar-refractivity contribution in [3.8, 4) is 0 Å². The summed E-state index contributed by atoms with van der Waals surface area (Å²) in [6, 6.07) is 7.04. The molecule has 0 aromatic heterocycles. The maximum atomic E-state index is 10.3. The minimum Gasteiger partial charge on any atom is -0.478 e. The summed E-state index contributed by atoms with van der Waals surface area (Å²) < 4.78 is 0. The van der Waals surface area contributed by atoms with Gasteiger partial charge in [-0.3, -0.25) is 0 Å². The van der Waals surface area contributed by atoms with E-state index in [0.29, 0.717) is 10.6 Å². The zero-order valence-electron chi connectivity index (χ0n) is 7.12. The van der Waals surface area contributed by atoms with Crippen molar-refractivity contribution in [3.05, 3.63) is 40.9 Å². The summed E-state index contributed by atoms with van der Waals surface area (Å²) in [5, 5.41) is 9.14. The third-order valence-electron chi connectivity index (χ3n) is 1.64. The first-order valence-corrected chi connectivity index (χ1v) is 4.14. The molecule has 0 radical (unpaired) electrons. The summed E-state index contributed by atoms with van der Waals surface area (Å²) in [5.74, 6) is -0.938. The number of carboxylic acids is 1. The molecule has 1 aromatic carbocycles. The predicted molar refractivity (Wildman–Crippen MR) is 52.7 cm³/mol. The quantitative estimate of drug-likeness (QED) is 0.739. The smallest absolute Gasteiger partial charge is 0.328 e. The van der Waals surface area contributed by atoms with Crippen LogP contribution in [-0.2, 0) is 4.79 Å². The molecule has 0 fully saturated rings. The van der Waals surface area contributed by atoms with Gasteiger partial charge < -0.3 is 5.11 Å². The molecule has 0 saturated carbocycles. The second-order valence-corrected chi connectivity index (χ2v) is 3.11. The molecule has 0 amide bonds. The van der Waals surface area contributed by atoms with Crippen LogP contribution in [0.15, 0.2) is 30.3 Å². The third-order valence-corrected chi connectivity index (χ3v) is 1.89. The number of aliphatic carboxylic acids is 1. The van der Waals surface area contributed by atoms with Crippen LogP contribution in [0.5, 0.6) is 0 Å². The fourth-order valence-electron chi connectivity index (χ4n) is 0.981. The van der Waals surface area contributed by atoms with E-state index in [2.05, 4.69) is 0 Å². The van der Waals surface area contributed by atoms with Gasteiger partial charge >= 0.3 is 5.97 Å². The Labute approximate surface area is 81.5 Å². The molecule has 0 aliphatic rings. The van der Waals surface area contributed by atoms with E-state index in [1.54, 1.807) is 31.2 Å². The minimum atomic E-state index is -0.938. The average molecular weight is 197 g/mol. The second-order valence-electron chi connectivity index (χ2n) is 2.67. The van der Waals surface area contributed by atoms with Gasteiger partial charge in [-0.1, -0.05) is 23.7 Å². The number of allylic oxidation sites excluding steroid dienone is 1. The largest absolute Gasteiger partial charge is 0.478 e. The van der Waals surface area contributed by atoms with E-state index in [0.717, 1.165) is 5.56 Å². The van der Waals surface area contributed by atoms with Crippen LogP contribution in [0.1, 0.15) is 12.5 Å². The second kappa shape index (κ2) is 4.10. The number of rotatable bonds is 2.